The molecule has 7 heteroatoms. The van der Waals surface area contributed by atoms with Crippen LogP contribution >= 0.6 is 11.8 Å². The van der Waals surface area contributed by atoms with Gasteiger partial charge in [0.25, 0.3) is 0 Å². The smallest absolute Gasteiger partial charge is 0.234 e. The zero-order valence-electron chi connectivity index (χ0n) is 18.9. The number of rotatable bonds is 9. The molecule has 3 aromatic rings. The van der Waals surface area contributed by atoms with E-state index in [2.05, 4.69) is 64.2 Å². The van der Waals surface area contributed by atoms with E-state index in [1.807, 2.05) is 44.2 Å². The zero-order chi connectivity index (χ0) is 22.4. The molecule has 1 amide bonds. The Balaban J connectivity index is 1.78. The molecule has 0 aliphatic carbocycles. The SMILES string of the molecule is CC[C@H](c1nnc(SCC(=O)Nc2ccc(C)cc2C)n1Cc1ccccc1)N(C)C. The molecule has 0 aliphatic heterocycles. The van der Waals surface area contributed by atoms with Crippen molar-refractivity contribution in [3.05, 3.63) is 71.0 Å². The predicted octanol–water partition coefficient (Wildman–Crippen LogP) is 4.69. The lowest BCUT2D eigenvalue weighted by atomic mass is 10.1. The van der Waals surface area contributed by atoms with Crippen LogP contribution in [-0.2, 0) is 11.3 Å². The van der Waals surface area contributed by atoms with Gasteiger partial charge in [-0.25, -0.2) is 0 Å². The van der Waals surface area contributed by atoms with Gasteiger partial charge in [-0.1, -0.05) is 66.7 Å². The molecule has 0 saturated heterocycles. The van der Waals surface area contributed by atoms with Crippen LogP contribution in [0.2, 0.25) is 0 Å². The summed E-state index contributed by atoms with van der Waals surface area (Å²) in [6, 6.07) is 16.5. The van der Waals surface area contributed by atoms with E-state index in [4.69, 9.17) is 0 Å². The summed E-state index contributed by atoms with van der Waals surface area (Å²) in [4.78, 5) is 14.8. The number of hydrogen-bond acceptors (Lipinski definition) is 5. The average molecular weight is 438 g/mol. The Bertz CT molecular complexity index is 1020. The Morgan fingerprint density at radius 2 is 1.87 bits per heavy atom. The number of amides is 1. The van der Waals surface area contributed by atoms with Crippen LogP contribution in [0.4, 0.5) is 5.69 Å². The van der Waals surface area contributed by atoms with Crippen molar-refractivity contribution in [1.29, 1.82) is 0 Å². The van der Waals surface area contributed by atoms with Gasteiger partial charge < -0.3 is 9.88 Å². The molecule has 31 heavy (non-hydrogen) atoms. The van der Waals surface area contributed by atoms with E-state index in [0.717, 1.165) is 28.7 Å². The fourth-order valence-corrected chi connectivity index (χ4v) is 4.36. The summed E-state index contributed by atoms with van der Waals surface area (Å²) in [6.07, 6.45) is 0.928. The Hall–Kier alpha value is -2.64. The van der Waals surface area contributed by atoms with Crippen LogP contribution < -0.4 is 5.32 Å². The van der Waals surface area contributed by atoms with Crippen LogP contribution in [0.15, 0.2) is 53.7 Å². The number of carbonyl (C=O) groups is 1. The van der Waals surface area contributed by atoms with Gasteiger partial charge in [0, 0.05) is 5.69 Å². The maximum Gasteiger partial charge on any atom is 0.234 e. The molecule has 0 fully saturated rings. The van der Waals surface area contributed by atoms with E-state index >= 15 is 0 Å². The summed E-state index contributed by atoms with van der Waals surface area (Å²) in [7, 11) is 4.11. The zero-order valence-corrected chi connectivity index (χ0v) is 19.7. The largest absolute Gasteiger partial charge is 0.325 e. The first-order valence-electron chi connectivity index (χ1n) is 10.5. The quantitative estimate of drug-likeness (QED) is 0.492. The minimum absolute atomic E-state index is 0.0487. The number of thioether (sulfide) groups is 1. The molecule has 1 heterocycles. The first kappa shape index (κ1) is 23.0. The first-order valence-corrected chi connectivity index (χ1v) is 11.5. The van der Waals surface area contributed by atoms with Gasteiger partial charge in [0.2, 0.25) is 5.91 Å². The van der Waals surface area contributed by atoms with Crippen molar-refractivity contribution >= 4 is 23.4 Å². The van der Waals surface area contributed by atoms with Crippen molar-refractivity contribution in [2.24, 2.45) is 0 Å². The van der Waals surface area contributed by atoms with Crippen LogP contribution in [0.1, 0.15) is 41.9 Å². The Kier molecular flexibility index (Phi) is 7.87. The minimum Gasteiger partial charge on any atom is -0.325 e. The highest BCUT2D eigenvalue weighted by Crippen LogP contribution is 2.26. The molecule has 0 radical (unpaired) electrons. The number of carbonyl (C=O) groups excluding carboxylic acids is 1. The van der Waals surface area contributed by atoms with Crippen LogP contribution in [0.3, 0.4) is 0 Å². The summed E-state index contributed by atoms with van der Waals surface area (Å²) in [6.45, 7) is 6.87. The molecule has 0 saturated carbocycles. The standard InChI is InChI=1S/C24H31N5OS/c1-6-21(28(4)5)23-26-27-24(29(23)15-19-10-8-7-9-11-19)31-16-22(30)25-20-13-12-17(2)14-18(20)3/h7-14,21H,6,15-16H2,1-5H3,(H,25,30)/t21-/m1/s1. The molecular weight excluding hydrogens is 406 g/mol. The first-order chi connectivity index (χ1) is 14.9. The Labute approximate surface area is 189 Å². The normalized spacial score (nSPS) is 12.2. The van der Waals surface area contributed by atoms with E-state index in [-0.39, 0.29) is 17.7 Å². The summed E-state index contributed by atoms with van der Waals surface area (Å²) in [5, 5.41) is 12.7. The topological polar surface area (TPSA) is 63.1 Å². The molecule has 1 atom stereocenters. The molecule has 3 rings (SSSR count). The van der Waals surface area contributed by atoms with Crippen molar-refractivity contribution in [3.8, 4) is 0 Å². The summed E-state index contributed by atoms with van der Waals surface area (Å²) in [5.41, 5.74) is 4.27. The van der Waals surface area contributed by atoms with Crippen molar-refractivity contribution in [3.63, 3.8) is 0 Å². The van der Waals surface area contributed by atoms with Gasteiger partial charge in [-0.2, -0.15) is 0 Å². The number of benzene rings is 2. The van der Waals surface area contributed by atoms with Gasteiger partial charge in [0.05, 0.1) is 18.3 Å². The number of nitrogens with one attached hydrogen (secondary N) is 1. The van der Waals surface area contributed by atoms with Crippen LogP contribution in [0.25, 0.3) is 0 Å². The van der Waals surface area contributed by atoms with Crippen molar-refractivity contribution in [2.75, 3.05) is 25.2 Å². The summed E-state index contributed by atoms with van der Waals surface area (Å²) < 4.78 is 2.14. The molecule has 1 aromatic heterocycles. The summed E-state index contributed by atoms with van der Waals surface area (Å²) in [5.74, 6) is 1.15. The van der Waals surface area contributed by atoms with E-state index in [0.29, 0.717) is 6.54 Å². The number of aryl methyl sites for hydroxylation is 2. The second-order valence-corrected chi connectivity index (χ2v) is 8.90. The maximum atomic E-state index is 12.6. The fraction of sp³-hybridized carbons (Fsp3) is 0.375. The monoisotopic (exact) mass is 437 g/mol. The molecule has 164 valence electrons. The van der Waals surface area contributed by atoms with E-state index in [1.54, 1.807) is 0 Å². The highest BCUT2D eigenvalue weighted by molar-refractivity contribution is 7.99. The van der Waals surface area contributed by atoms with Crippen LogP contribution in [0, 0.1) is 13.8 Å². The third-order valence-electron chi connectivity index (χ3n) is 5.23. The highest BCUT2D eigenvalue weighted by Gasteiger charge is 2.22. The second-order valence-electron chi connectivity index (χ2n) is 7.96. The number of nitrogens with zero attached hydrogens (tertiary/aromatic N) is 4. The van der Waals surface area contributed by atoms with Crippen molar-refractivity contribution in [1.82, 2.24) is 19.7 Å². The molecular formula is C24H31N5OS. The fourth-order valence-electron chi connectivity index (χ4n) is 3.62. The van der Waals surface area contributed by atoms with E-state index in [9.17, 15) is 4.79 Å². The van der Waals surface area contributed by atoms with Crippen LogP contribution in [0.5, 0.6) is 0 Å². The van der Waals surface area contributed by atoms with Gasteiger partial charge >= 0.3 is 0 Å². The average Bonchev–Trinajstić information content (AvgIpc) is 3.12. The van der Waals surface area contributed by atoms with Gasteiger partial charge in [-0.15, -0.1) is 10.2 Å². The van der Waals surface area contributed by atoms with E-state index < -0.39 is 0 Å². The number of hydrogen-bond donors (Lipinski definition) is 1. The van der Waals surface area contributed by atoms with Gasteiger partial charge in [-0.3, -0.25) is 9.69 Å². The Morgan fingerprint density at radius 1 is 1.13 bits per heavy atom. The second kappa shape index (κ2) is 10.6. The lowest BCUT2D eigenvalue weighted by Gasteiger charge is -2.23. The molecule has 2 aromatic carbocycles. The van der Waals surface area contributed by atoms with Gasteiger partial charge in [-0.05, 0) is 51.6 Å². The molecule has 0 spiro atoms. The molecule has 1 N–H and O–H groups in total. The molecule has 0 aliphatic rings. The maximum absolute atomic E-state index is 12.6. The lowest BCUT2D eigenvalue weighted by Crippen LogP contribution is -2.23. The van der Waals surface area contributed by atoms with Crippen LogP contribution in [-0.4, -0.2) is 45.4 Å². The van der Waals surface area contributed by atoms with E-state index in [1.165, 1.54) is 22.9 Å². The van der Waals surface area contributed by atoms with Gasteiger partial charge in [0.15, 0.2) is 11.0 Å². The number of aromatic nitrogens is 3. The minimum atomic E-state index is -0.0487. The lowest BCUT2D eigenvalue weighted by molar-refractivity contribution is -0.113. The molecule has 6 nitrogen and oxygen atoms in total. The highest BCUT2D eigenvalue weighted by atomic mass is 32.2. The number of anilines is 1. The van der Waals surface area contributed by atoms with Crippen molar-refractivity contribution < 1.29 is 4.79 Å². The Morgan fingerprint density at radius 3 is 2.52 bits per heavy atom. The summed E-state index contributed by atoms with van der Waals surface area (Å²) >= 11 is 1.42. The third-order valence-corrected chi connectivity index (χ3v) is 6.19. The molecule has 0 unspecified atom stereocenters. The predicted molar refractivity (Wildman–Crippen MR) is 128 cm³/mol. The molecule has 0 bridgehead atoms. The van der Waals surface area contributed by atoms with Gasteiger partial charge in [0.1, 0.15) is 0 Å². The third kappa shape index (κ3) is 5.95. The van der Waals surface area contributed by atoms with Crippen molar-refractivity contribution in [2.45, 2.75) is 44.9 Å².